The number of unbranched alkanes of at least 4 members (excludes halogenated alkanes) is 4. The fourth-order valence-electron chi connectivity index (χ4n) is 5.89. The van der Waals surface area contributed by atoms with Gasteiger partial charge in [-0.2, -0.15) is 12.6 Å². The summed E-state index contributed by atoms with van der Waals surface area (Å²) in [6.45, 7) is 6.38. The summed E-state index contributed by atoms with van der Waals surface area (Å²) in [6.07, 6.45) is 13.6. The number of rotatable bonds is 16. The first-order valence-corrected chi connectivity index (χ1v) is 20.1. The Hall–Kier alpha value is -3.46. The van der Waals surface area contributed by atoms with Crippen LogP contribution in [0.5, 0.6) is 0 Å². The molecule has 0 spiro atoms. The van der Waals surface area contributed by atoms with E-state index in [1.165, 1.54) is 77.7 Å². The maximum atomic E-state index is 9.44. The van der Waals surface area contributed by atoms with E-state index in [2.05, 4.69) is 146 Å². The summed E-state index contributed by atoms with van der Waals surface area (Å²) in [5.41, 5.74) is 9.79. The zero-order valence-corrected chi connectivity index (χ0v) is 33.1. The number of nitrogens with two attached hydrogens (primary N) is 1. The largest absolute Gasteiger partial charge is 0.397 e. The molecular weight excluding hydrogens is 667 g/mol. The minimum atomic E-state index is 0.0771. The van der Waals surface area contributed by atoms with Crippen LogP contribution in [-0.2, 0) is 6.61 Å². The predicted molar refractivity (Wildman–Crippen MR) is 228 cm³/mol. The maximum absolute atomic E-state index is 9.44. The molecule has 51 heavy (non-hydrogen) atoms. The number of nitrogens with zero attached hydrogens (tertiary/aromatic N) is 1. The molecule has 0 bridgehead atoms. The SMILES string of the molecule is C/C=C\CCCCCCSN.CCO.CNc1ccc(C(CC(C)c2ccc(CO)cc2)N2C(c3ccccc3)=C2c2ccccc2)cc1.CS. The molecule has 5 rings (SSSR count). The van der Waals surface area contributed by atoms with Crippen molar-refractivity contribution in [3.05, 3.63) is 149 Å². The van der Waals surface area contributed by atoms with Crippen molar-refractivity contribution in [3.63, 3.8) is 0 Å². The summed E-state index contributed by atoms with van der Waals surface area (Å²) in [5.74, 6) is 1.47. The van der Waals surface area contributed by atoms with Crippen molar-refractivity contribution in [1.82, 2.24) is 4.90 Å². The van der Waals surface area contributed by atoms with Gasteiger partial charge in [0.1, 0.15) is 0 Å². The van der Waals surface area contributed by atoms with Crippen LogP contribution >= 0.6 is 24.6 Å². The van der Waals surface area contributed by atoms with Gasteiger partial charge in [0, 0.05) is 36.2 Å². The summed E-state index contributed by atoms with van der Waals surface area (Å²) in [6, 6.07) is 38.8. The van der Waals surface area contributed by atoms with E-state index >= 15 is 0 Å². The first-order valence-electron chi connectivity index (χ1n) is 18.1. The van der Waals surface area contributed by atoms with Crippen molar-refractivity contribution in [3.8, 4) is 0 Å². The quantitative estimate of drug-likeness (QED) is 0.0342. The van der Waals surface area contributed by atoms with Gasteiger partial charge in [-0.05, 0) is 80.5 Å². The van der Waals surface area contributed by atoms with E-state index in [1.54, 1.807) is 13.2 Å². The first-order chi connectivity index (χ1) is 25.0. The first kappa shape index (κ1) is 43.7. The van der Waals surface area contributed by atoms with Crippen LogP contribution in [-0.4, -0.2) is 40.8 Å². The Morgan fingerprint density at radius 3 is 1.75 bits per heavy atom. The fraction of sp³-hybridized carbons (Fsp3) is 0.364. The molecule has 0 radical (unpaired) electrons. The molecule has 4 aromatic carbocycles. The summed E-state index contributed by atoms with van der Waals surface area (Å²) < 4.78 is 0. The van der Waals surface area contributed by atoms with Gasteiger partial charge in [0.2, 0.25) is 0 Å². The molecular formula is C44H61N3O2S2. The summed E-state index contributed by atoms with van der Waals surface area (Å²) in [5, 5.41) is 25.5. The van der Waals surface area contributed by atoms with E-state index < -0.39 is 0 Å². The van der Waals surface area contributed by atoms with E-state index in [-0.39, 0.29) is 19.3 Å². The van der Waals surface area contributed by atoms with Gasteiger partial charge < -0.3 is 20.4 Å². The minimum absolute atomic E-state index is 0.0771. The van der Waals surface area contributed by atoms with Gasteiger partial charge in [-0.3, -0.25) is 5.14 Å². The number of hydrogen-bond donors (Lipinski definition) is 5. The van der Waals surface area contributed by atoms with Crippen molar-refractivity contribution in [2.45, 2.75) is 77.9 Å². The molecule has 0 saturated heterocycles. The number of nitrogens with one attached hydrogen (secondary N) is 1. The molecule has 0 fully saturated rings. The minimum Gasteiger partial charge on any atom is -0.397 e. The average Bonchev–Trinajstić information content (AvgIpc) is 3.94. The lowest BCUT2D eigenvalue weighted by Crippen LogP contribution is -2.15. The number of hydrogen-bond acceptors (Lipinski definition) is 7. The zero-order valence-electron chi connectivity index (χ0n) is 31.3. The van der Waals surface area contributed by atoms with Gasteiger partial charge in [0.25, 0.3) is 0 Å². The average molecular weight is 728 g/mol. The van der Waals surface area contributed by atoms with Crippen molar-refractivity contribution < 1.29 is 10.2 Å². The molecule has 5 nitrogen and oxygen atoms in total. The molecule has 1 aliphatic heterocycles. The highest BCUT2D eigenvalue weighted by Crippen LogP contribution is 2.54. The molecule has 0 aromatic heterocycles. The van der Waals surface area contributed by atoms with Crippen molar-refractivity contribution in [2.24, 2.45) is 5.14 Å². The number of benzene rings is 4. The Kier molecular flexibility index (Phi) is 22.6. The molecule has 0 amide bonds. The monoisotopic (exact) mass is 727 g/mol. The number of aliphatic hydroxyl groups is 2. The number of aliphatic hydroxyl groups excluding tert-OH is 2. The molecule has 0 aliphatic carbocycles. The van der Waals surface area contributed by atoms with Gasteiger partial charge in [-0.1, -0.05) is 141 Å². The van der Waals surface area contributed by atoms with E-state index in [4.69, 9.17) is 10.2 Å². The molecule has 5 N–H and O–H groups in total. The van der Waals surface area contributed by atoms with Gasteiger partial charge >= 0.3 is 0 Å². The van der Waals surface area contributed by atoms with Gasteiger partial charge in [0.15, 0.2) is 0 Å². The molecule has 2 unspecified atom stereocenters. The third-order valence-corrected chi connectivity index (χ3v) is 9.10. The van der Waals surface area contributed by atoms with Crippen LogP contribution in [0.25, 0.3) is 11.4 Å². The molecule has 7 heteroatoms. The number of anilines is 1. The van der Waals surface area contributed by atoms with Crippen LogP contribution in [0.2, 0.25) is 0 Å². The molecule has 1 heterocycles. The van der Waals surface area contributed by atoms with Crippen LogP contribution in [0.4, 0.5) is 5.69 Å². The van der Waals surface area contributed by atoms with Crippen LogP contribution in [0.15, 0.2) is 121 Å². The van der Waals surface area contributed by atoms with Gasteiger partial charge in [0.05, 0.1) is 24.0 Å². The van der Waals surface area contributed by atoms with Crippen LogP contribution in [0.1, 0.15) is 99.1 Å². The lowest BCUT2D eigenvalue weighted by Gasteiger charge is -2.27. The smallest absolute Gasteiger partial charge is 0.0738 e. The van der Waals surface area contributed by atoms with Crippen LogP contribution in [0.3, 0.4) is 0 Å². The Labute approximate surface area is 318 Å². The zero-order chi connectivity index (χ0) is 37.3. The van der Waals surface area contributed by atoms with Crippen LogP contribution in [0, 0.1) is 0 Å². The third kappa shape index (κ3) is 15.0. The lowest BCUT2D eigenvalue weighted by atomic mass is 9.89. The molecule has 0 saturated carbocycles. The summed E-state index contributed by atoms with van der Waals surface area (Å²) in [4.78, 5) is 2.53. The van der Waals surface area contributed by atoms with Gasteiger partial charge in [-0.15, -0.1) is 0 Å². The molecule has 4 aromatic rings. The Morgan fingerprint density at radius 1 is 0.765 bits per heavy atom. The van der Waals surface area contributed by atoms with Crippen molar-refractivity contribution >= 4 is 41.7 Å². The topological polar surface area (TPSA) is 81.5 Å². The second-order valence-corrected chi connectivity index (χ2v) is 12.9. The highest BCUT2D eigenvalue weighted by atomic mass is 32.2. The number of allylic oxidation sites excluding steroid dienone is 2. The summed E-state index contributed by atoms with van der Waals surface area (Å²) in [7, 11) is 1.96. The van der Waals surface area contributed by atoms with E-state index in [0.717, 1.165) is 23.4 Å². The second kappa shape index (κ2) is 26.3. The highest BCUT2D eigenvalue weighted by Gasteiger charge is 2.41. The van der Waals surface area contributed by atoms with Crippen LogP contribution < -0.4 is 10.5 Å². The van der Waals surface area contributed by atoms with Crippen molar-refractivity contribution in [1.29, 1.82) is 0 Å². The second-order valence-electron chi connectivity index (χ2n) is 12.2. The predicted octanol–water partition coefficient (Wildman–Crippen LogP) is 11.0. The summed E-state index contributed by atoms with van der Waals surface area (Å²) >= 11 is 4.98. The van der Waals surface area contributed by atoms with Gasteiger partial charge in [-0.25, -0.2) is 0 Å². The Morgan fingerprint density at radius 2 is 1.27 bits per heavy atom. The lowest BCUT2D eigenvalue weighted by molar-refractivity contribution is 0.282. The molecule has 276 valence electrons. The third-order valence-electron chi connectivity index (χ3n) is 8.57. The maximum Gasteiger partial charge on any atom is 0.0738 e. The molecule has 2 atom stereocenters. The Balaban J connectivity index is 0.000000477. The molecule has 1 aliphatic rings. The number of thiol groups is 1. The van der Waals surface area contributed by atoms with E-state index in [0.29, 0.717) is 5.92 Å². The fourth-order valence-corrected chi connectivity index (χ4v) is 6.26. The highest BCUT2D eigenvalue weighted by molar-refractivity contribution is 7.97. The normalized spacial score (nSPS) is 12.8. The van der Waals surface area contributed by atoms with Crippen molar-refractivity contribution in [2.75, 3.05) is 31.0 Å². The standard InChI is InChI=1S/C32H32N2O.C9H19NS.C2H6O.CH4S/c1-23(25-15-13-24(22-35)14-16-25)21-30(26-17-19-29(33-2)20-18-26)34-31(27-9-5-3-6-10-27)32(34)28-11-7-4-8-12-28;1-2-3-4-5-6-7-8-9-11-10;1-2-3;1-2/h3-20,23,30,33,35H,21-22H2,1-2H3;2-3H,4-10H2,1H3;3H,2H2,1H3;2H,1H3/b;3-2-;;. The Bertz CT molecular complexity index is 1460. The van der Waals surface area contributed by atoms with E-state index in [9.17, 15) is 5.11 Å². The van der Waals surface area contributed by atoms with E-state index in [1.807, 2.05) is 19.2 Å².